The quantitative estimate of drug-likeness (QED) is 0.870. The molecule has 2 amide bonds. The van der Waals surface area contributed by atoms with Crippen molar-refractivity contribution in [3.05, 3.63) is 23.3 Å². The van der Waals surface area contributed by atoms with Gasteiger partial charge in [0, 0.05) is 12.8 Å². The molecule has 10 heteroatoms. The summed E-state index contributed by atoms with van der Waals surface area (Å²) in [6.07, 6.45) is 3.41. The number of nitrogens with one attached hydrogen (secondary N) is 1. The third-order valence-electron chi connectivity index (χ3n) is 3.85. The van der Waals surface area contributed by atoms with Crippen LogP contribution in [0.5, 0.6) is 5.75 Å². The number of carbonyl (C=O) groups is 2. The van der Waals surface area contributed by atoms with Gasteiger partial charge in [-0.1, -0.05) is 11.3 Å². The summed E-state index contributed by atoms with van der Waals surface area (Å²) in [7, 11) is 0. The molecule has 1 atom stereocenters. The molecule has 0 bridgehead atoms. The van der Waals surface area contributed by atoms with Crippen LogP contribution in [0.1, 0.15) is 24.0 Å². The fourth-order valence-electron chi connectivity index (χ4n) is 2.69. The molecule has 4 rings (SSSR count). The van der Waals surface area contributed by atoms with Crippen molar-refractivity contribution in [2.24, 2.45) is 0 Å². The van der Waals surface area contributed by atoms with E-state index in [9.17, 15) is 9.59 Å². The molecule has 9 nitrogen and oxygen atoms in total. The van der Waals surface area contributed by atoms with E-state index in [1.807, 2.05) is 0 Å². The minimum atomic E-state index is -0.373. The standard InChI is InChI=1S/C15H15N5O4S/c21-11(17-15-19-18-14(25-15)10-4-2-6-23-10)7-20-12(22)8-24-9-3-1-5-16-13(9)20/h1,3,5,10H,2,4,6-8H2,(H,17,19,21). The van der Waals surface area contributed by atoms with E-state index in [0.29, 0.717) is 16.7 Å². The van der Waals surface area contributed by atoms with Crippen LogP contribution in [0.4, 0.5) is 10.9 Å². The normalized spacial score (nSPS) is 19.4. The molecule has 1 saturated heterocycles. The Morgan fingerprint density at radius 2 is 2.36 bits per heavy atom. The van der Waals surface area contributed by atoms with Gasteiger partial charge in [0.15, 0.2) is 18.2 Å². The molecule has 2 aromatic heterocycles. The van der Waals surface area contributed by atoms with E-state index in [0.717, 1.165) is 24.5 Å². The first-order valence-electron chi connectivity index (χ1n) is 7.84. The van der Waals surface area contributed by atoms with Gasteiger partial charge < -0.3 is 9.47 Å². The van der Waals surface area contributed by atoms with E-state index in [-0.39, 0.29) is 31.1 Å². The lowest BCUT2D eigenvalue weighted by Crippen LogP contribution is -2.43. The largest absolute Gasteiger partial charge is 0.480 e. The van der Waals surface area contributed by atoms with Crippen molar-refractivity contribution >= 4 is 34.1 Å². The average molecular weight is 361 g/mol. The number of aromatic nitrogens is 3. The summed E-state index contributed by atoms with van der Waals surface area (Å²) in [6, 6.07) is 3.42. The number of hydrogen-bond acceptors (Lipinski definition) is 8. The monoisotopic (exact) mass is 361 g/mol. The van der Waals surface area contributed by atoms with Crippen LogP contribution in [-0.2, 0) is 14.3 Å². The molecule has 0 radical (unpaired) electrons. The van der Waals surface area contributed by atoms with Crippen LogP contribution >= 0.6 is 11.3 Å². The number of hydrogen-bond donors (Lipinski definition) is 1. The second-order valence-electron chi connectivity index (χ2n) is 5.59. The van der Waals surface area contributed by atoms with Crippen molar-refractivity contribution in [3.8, 4) is 5.75 Å². The fourth-order valence-corrected chi connectivity index (χ4v) is 3.53. The van der Waals surface area contributed by atoms with E-state index in [1.165, 1.54) is 16.2 Å². The number of fused-ring (bicyclic) bond motifs is 1. The smallest absolute Gasteiger partial charge is 0.266 e. The number of rotatable bonds is 4. The van der Waals surface area contributed by atoms with Crippen molar-refractivity contribution in [3.63, 3.8) is 0 Å². The van der Waals surface area contributed by atoms with Gasteiger partial charge in [0.2, 0.25) is 11.0 Å². The van der Waals surface area contributed by atoms with E-state index < -0.39 is 0 Å². The van der Waals surface area contributed by atoms with E-state index >= 15 is 0 Å². The Balaban J connectivity index is 1.43. The summed E-state index contributed by atoms with van der Waals surface area (Å²) in [6.45, 7) is 0.437. The Labute approximate surface area is 147 Å². The zero-order valence-electron chi connectivity index (χ0n) is 13.2. The first-order valence-corrected chi connectivity index (χ1v) is 8.65. The molecule has 2 aliphatic heterocycles. The molecule has 0 aliphatic carbocycles. The van der Waals surface area contributed by atoms with Crippen molar-refractivity contribution < 1.29 is 19.1 Å². The fraction of sp³-hybridized carbons (Fsp3) is 0.400. The zero-order chi connectivity index (χ0) is 17.2. The van der Waals surface area contributed by atoms with Crippen LogP contribution in [-0.4, -0.2) is 46.8 Å². The minimum absolute atomic E-state index is 0.0416. The van der Waals surface area contributed by atoms with Gasteiger partial charge in [-0.3, -0.25) is 19.8 Å². The summed E-state index contributed by atoms with van der Waals surface area (Å²) in [5.74, 6) is 0.123. The van der Waals surface area contributed by atoms with Gasteiger partial charge in [-0.25, -0.2) is 4.98 Å². The van der Waals surface area contributed by atoms with Crippen LogP contribution in [0, 0.1) is 0 Å². The molecule has 4 heterocycles. The summed E-state index contributed by atoms with van der Waals surface area (Å²) >= 11 is 1.28. The van der Waals surface area contributed by atoms with E-state index in [2.05, 4.69) is 20.5 Å². The maximum atomic E-state index is 12.3. The van der Waals surface area contributed by atoms with Crippen LogP contribution < -0.4 is 15.0 Å². The molecule has 1 fully saturated rings. The number of anilines is 2. The maximum Gasteiger partial charge on any atom is 0.266 e. The Hall–Kier alpha value is -2.59. The van der Waals surface area contributed by atoms with Gasteiger partial charge in [0.25, 0.3) is 5.91 Å². The molecule has 130 valence electrons. The average Bonchev–Trinajstić information content (AvgIpc) is 3.29. The molecule has 1 unspecified atom stereocenters. The topological polar surface area (TPSA) is 107 Å². The van der Waals surface area contributed by atoms with Crippen molar-refractivity contribution in [2.45, 2.75) is 18.9 Å². The lowest BCUT2D eigenvalue weighted by molar-refractivity contribution is -0.123. The van der Waals surface area contributed by atoms with Gasteiger partial charge in [-0.05, 0) is 25.0 Å². The van der Waals surface area contributed by atoms with Gasteiger partial charge in [-0.15, -0.1) is 10.2 Å². The lowest BCUT2D eigenvalue weighted by atomic mass is 10.2. The summed E-state index contributed by atoms with van der Waals surface area (Å²) in [5, 5.41) is 11.8. The minimum Gasteiger partial charge on any atom is -0.480 e. The number of pyridine rings is 1. The first kappa shape index (κ1) is 15.9. The summed E-state index contributed by atoms with van der Waals surface area (Å²) in [4.78, 5) is 29.8. The van der Waals surface area contributed by atoms with Gasteiger partial charge >= 0.3 is 0 Å². The second kappa shape index (κ2) is 6.73. The molecule has 2 aromatic rings. The van der Waals surface area contributed by atoms with Gasteiger partial charge in [0.05, 0.1) is 0 Å². The SMILES string of the molecule is O=C(CN1C(=O)COc2cccnc21)Nc1nnc(C2CCCO2)s1. The predicted octanol–water partition coefficient (Wildman–Crippen LogP) is 1.15. The second-order valence-corrected chi connectivity index (χ2v) is 6.60. The highest BCUT2D eigenvalue weighted by molar-refractivity contribution is 7.15. The van der Waals surface area contributed by atoms with Crippen molar-refractivity contribution in [1.82, 2.24) is 15.2 Å². The molecule has 0 spiro atoms. The van der Waals surface area contributed by atoms with Crippen LogP contribution in [0.2, 0.25) is 0 Å². The molecule has 0 saturated carbocycles. The molecule has 25 heavy (non-hydrogen) atoms. The molecule has 0 aromatic carbocycles. The van der Waals surface area contributed by atoms with Crippen LogP contribution in [0.25, 0.3) is 0 Å². The van der Waals surface area contributed by atoms with Gasteiger partial charge in [0.1, 0.15) is 17.7 Å². The summed E-state index contributed by atoms with van der Waals surface area (Å²) < 4.78 is 10.9. The Kier molecular flexibility index (Phi) is 4.28. The molecular formula is C15H15N5O4S. The van der Waals surface area contributed by atoms with Crippen LogP contribution in [0.3, 0.4) is 0 Å². The highest BCUT2D eigenvalue weighted by Crippen LogP contribution is 2.32. The Morgan fingerprint density at radius 1 is 1.44 bits per heavy atom. The number of nitrogens with zero attached hydrogens (tertiary/aromatic N) is 4. The maximum absolute atomic E-state index is 12.3. The third-order valence-corrected chi connectivity index (χ3v) is 4.78. The highest BCUT2D eigenvalue weighted by Gasteiger charge is 2.29. The molecule has 1 N–H and O–H groups in total. The predicted molar refractivity (Wildman–Crippen MR) is 88.6 cm³/mol. The number of ether oxygens (including phenoxy) is 2. The highest BCUT2D eigenvalue weighted by atomic mass is 32.1. The molecular weight excluding hydrogens is 346 g/mol. The zero-order valence-corrected chi connectivity index (χ0v) is 14.0. The van der Waals surface area contributed by atoms with E-state index in [1.54, 1.807) is 18.3 Å². The third kappa shape index (κ3) is 3.30. The lowest BCUT2D eigenvalue weighted by Gasteiger charge is -2.27. The van der Waals surface area contributed by atoms with Crippen molar-refractivity contribution in [2.75, 3.05) is 30.0 Å². The number of carbonyl (C=O) groups excluding carboxylic acids is 2. The summed E-state index contributed by atoms with van der Waals surface area (Å²) in [5.41, 5.74) is 0. The molecule has 2 aliphatic rings. The van der Waals surface area contributed by atoms with Gasteiger partial charge in [-0.2, -0.15) is 0 Å². The van der Waals surface area contributed by atoms with Crippen molar-refractivity contribution in [1.29, 1.82) is 0 Å². The Morgan fingerprint density at radius 3 is 3.20 bits per heavy atom. The first-order chi connectivity index (χ1) is 12.2. The van der Waals surface area contributed by atoms with Crippen LogP contribution in [0.15, 0.2) is 18.3 Å². The number of amides is 2. The van der Waals surface area contributed by atoms with E-state index in [4.69, 9.17) is 9.47 Å². The Bertz CT molecular complexity index is 805.